The number of nitrogens with zero attached hydrogens (tertiary/aromatic N) is 1. The van der Waals surface area contributed by atoms with Gasteiger partial charge in [-0.15, -0.1) is 11.3 Å². The van der Waals surface area contributed by atoms with Crippen molar-refractivity contribution in [2.24, 2.45) is 0 Å². The number of ether oxygens (including phenoxy) is 2. The van der Waals surface area contributed by atoms with E-state index in [1.807, 2.05) is 0 Å². The molecule has 0 saturated carbocycles. The molecule has 0 radical (unpaired) electrons. The Labute approximate surface area is 154 Å². The number of anilines is 2. The SMILES string of the molecule is COC(=O)c1ccc(C(=O)Nc2cscc2NC(=O)OC(C)(C)C)nc1. The van der Waals surface area contributed by atoms with Gasteiger partial charge in [0.25, 0.3) is 5.91 Å². The third kappa shape index (κ3) is 5.28. The zero-order valence-electron chi connectivity index (χ0n) is 14.8. The van der Waals surface area contributed by atoms with Gasteiger partial charge in [0.1, 0.15) is 11.3 Å². The van der Waals surface area contributed by atoms with Crippen molar-refractivity contribution in [3.63, 3.8) is 0 Å². The van der Waals surface area contributed by atoms with Crippen LogP contribution in [-0.4, -0.2) is 35.7 Å². The number of esters is 1. The quantitative estimate of drug-likeness (QED) is 0.790. The number of hydrogen-bond acceptors (Lipinski definition) is 7. The molecule has 0 unspecified atom stereocenters. The lowest BCUT2D eigenvalue weighted by Gasteiger charge is -2.19. The third-order valence-corrected chi connectivity index (χ3v) is 3.71. The zero-order valence-corrected chi connectivity index (χ0v) is 15.6. The number of rotatable bonds is 4. The summed E-state index contributed by atoms with van der Waals surface area (Å²) in [6.07, 6.45) is 0.640. The Morgan fingerprint density at radius 1 is 1.08 bits per heavy atom. The second kappa shape index (κ2) is 7.96. The molecule has 0 bridgehead atoms. The predicted molar refractivity (Wildman–Crippen MR) is 97.7 cm³/mol. The average Bonchev–Trinajstić information content (AvgIpc) is 2.99. The third-order valence-electron chi connectivity index (χ3n) is 2.96. The zero-order chi connectivity index (χ0) is 19.3. The predicted octanol–water partition coefficient (Wildman–Crippen LogP) is 3.53. The lowest BCUT2D eigenvalue weighted by atomic mass is 10.2. The Balaban J connectivity index is 2.05. The maximum Gasteiger partial charge on any atom is 0.412 e. The van der Waals surface area contributed by atoms with Crippen molar-refractivity contribution in [3.05, 3.63) is 40.3 Å². The van der Waals surface area contributed by atoms with Gasteiger partial charge < -0.3 is 14.8 Å². The van der Waals surface area contributed by atoms with Gasteiger partial charge in [-0.1, -0.05) is 0 Å². The molecular formula is C17H19N3O5S. The van der Waals surface area contributed by atoms with Gasteiger partial charge >= 0.3 is 12.1 Å². The summed E-state index contributed by atoms with van der Waals surface area (Å²) in [4.78, 5) is 39.5. The smallest absolute Gasteiger partial charge is 0.412 e. The Hall–Kier alpha value is -2.94. The first-order valence-corrected chi connectivity index (χ1v) is 8.56. The number of hydrogen-bond donors (Lipinski definition) is 2. The summed E-state index contributed by atoms with van der Waals surface area (Å²) in [6, 6.07) is 2.86. The number of carbonyl (C=O) groups excluding carboxylic acids is 3. The van der Waals surface area contributed by atoms with Crippen LogP contribution in [0.2, 0.25) is 0 Å². The van der Waals surface area contributed by atoms with Crippen LogP contribution in [0.25, 0.3) is 0 Å². The van der Waals surface area contributed by atoms with Crippen LogP contribution >= 0.6 is 11.3 Å². The Bertz CT molecular complexity index is 809. The molecule has 0 saturated heterocycles. The molecule has 2 aromatic heterocycles. The molecule has 0 spiro atoms. The van der Waals surface area contributed by atoms with Crippen molar-refractivity contribution >= 4 is 40.7 Å². The highest BCUT2D eigenvalue weighted by atomic mass is 32.1. The topological polar surface area (TPSA) is 107 Å². The maximum absolute atomic E-state index is 12.3. The van der Waals surface area contributed by atoms with Crippen LogP contribution in [0.15, 0.2) is 29.1 Å². The molecule has 8 nitrogen and oxygen atoms in total. The number of thiophene rings is 1. The van der Waals surface area contributed by atoms with E-state index < -0.39 is 23.6 Å². The van der Waals surface area contributed by atoms with E-state index in [9.17, 15) is 14.4 Å². The number of pyridine rings is 1. The summed E-state index contributed by atoms with van der Waals surface area (Å²) < 4.78 is 9.77. The number of carbonyl (C=O) groups is 3. The van der Waals surface area contributed by atoms with Gasteiger partial charge in [0.05, 0.1) is 24.0 Å². The molecule has 2 aromatic rings. The number of amides is 2. The van der Waals surface area contributed by atoms with Gasteiger partial charge in [0.2, 0.25) is 0 Å². The summed E-state index contributed by atoms with van der Waals surface area (Å²) in [5, 5.41) is 8.60. The summed E-state index contributed by atoms with van der Waals surface area (Å²) in [5.74, 6) is -1.02. The second-order valence-corrected chi connectivity index (χ2v) is 6.95. The lowest BCUT2D eigenvalue weighted by molar-refractivity contribution is 0.0597. The van der Waals surface area contributed by atoms with Crippen LogP contribution in [0.4, 0.5) is 16.2 Å². The highest BCUT2D eigenvalue weighted by Gasteiger charge is 2.19. The summed E-state index contributed by atoms with van der Waals surface area (Å²) >= 11 is 1.31. The van der Waals surface area contributed by atoms with Crippen molar-refractivity contribution in [3.8, 4) is 0 Å². The Morgan fingerprint density at radius 2 is 1.73 bits per heavy atom. The van der Waals surface area contributed by atoms with Crippen molar-refractivity contribution < 1.29 is 23.9 Å². The van der Waals surface area contributed by atoms with Crippen LogP contribution < -0.4 is 10.6 Å². The first kappa shape index (κ1) is 19.4. The van der Waals surface area contributed by atoms with E-state index in [-0.39, 0.29) is 11.3 Å². The van der Waals surface area contributed by atoms with Gasteiger partial charge in [-0.3, -0.25) is 15.1 Å². The normalized spacial score (nSPS) is 10.8. The van der Waals surface area contributed by atoms with Gasteiger partial charge in [0.15, 0.2) is 0 Å². The van der Waals surface area contributed by atoms with E-state index in [0.29, 0.717) is 11.4 Å². The van der Waals surface area contributed by atoms with E-state index in [1.54, 1.807) is 31.5 Å². The van der Waals surface area contributed by atoms with E-state index in [0.717, 1.165) is 0 Å². The second-order valence-electron chi connectivity index (χ2n) is 6.20. The number of aromatic nitrogens is 1. The van der Waals surface area contributed by atoms with Crippen LogP contribution in [0, 0.1) is 0 Å². The number of methoxy groups -OCH3 is 1. The maximum atomic E-state index is 12.3. The molecule has 9 heteroatoms. The highest BCUT2D eigenvalue weighted by molar-refractivity contribution is 7.09. The van der Waals surface area contributed by atoms with E-state index in [4.69, 9.17) is 4.74 Å². The fourth-order valence-electron chi connectivity index (χ4n) is 1.86. The van der Waals surface area contributed by atoms with Crippen molar-refractivity contribution in [1.29, 1.82) is 0 Å². The Kier molecular flexibility index (Phi) is 5.93. The van der Waals surface area contributed by atoms with Gasteiger partial charge in [-0.2, -0.15) is 0 Å². The van der Waals surface area contributed by atoms with Crippen LogP contribution in [0.1, 0.15) is 41.6 Å². The summed E-state index contributed by atoms with van der Waals surface area (Å²) in [5.41, 5.74) is 0.571. The molecule has 2 heterocycles. The molecule has 2 amide bonds. The fourth-order valence-corrected chi connectivity index (χ4v) is 2.57. The van der Waals surface area contributed by atoms with Gasteiger partial charge in [0, 0.05) is 17.0 Å². The molecule has 0 aromatic carbocycles. The molecule has 26 heavy (non-hydrogen) atoms. The molecule has 2 rings (SSSR count). The minimum Gasteiger partial charge on any atom is -0.465 e. The van der Waals surface area contributed by atoms with E-state index >= 15 is 0 Å². The van der Waals surface area contributed by atoms with Crippen LogP contribution in [-0.2, 0) is 9.47 Å². The highest BCUT2D eigenvalue weighted by Crippen LogP contribution is 2.27. The molecule has 138 valence electrons. The molecule has 2 N–H and O–H groups in total. The molecule has 0 atom stereocenters. The van der Waals surface area contributed by atoms with E-state index in [1.165, 1.54) is 36.8 Å². The van der Waals surface area contributed by atoms with Crippen molar-refractivity contribution in [2.75, 3.05) is 17.7 Å². The molecule has 0 aliphatic carbocycles. The molecule has 0 aliphatic rings. The molecule has 0 fully saturated rings. The fraction of sp³-hybridized carbons (Fsp3) is 0.294. The first-order valence-electron chi connectivity index (χ1n) is 7.61. The van der Waals surface area contributed by atoms with Crippen molar-refractivity contribution in [2.45, 2.75) is 26.4 Å². The van der Waals surface area contributed by atoms with Gasteiger partial charge in [-0.25, -0.2) is 9.59 Å². The number of nitrogens with one attached hydrogen (secondary N) is 2. The standard InChI is InChI=1S/C17H19N3O5S/c1-17(2,3)25-16(23)20-13-9-26-8-12(13)19-14(21)11-6-5-10(7-18-11)15(22)24-4/h5-9H,1-4H3,(H,19,21)(H,20,23). The molecule has 0 aliphatic heterocycles. The first-order chi connectivity index (χ1) is 12.2. The Morgan fingerprint density at radius 3 is 2.27 bits per heavy atom. The lowest BCUT2D eigenvalue weighted by Crippen LogP contribution is -2.27. The monoisotopic (exact) mass is 377 g/mol. The minimum absolute atomic E-state index is 0.118. The summed E-state index contributed by atoms with van der Waals surface area (Å²) in [7, 11) is 1.26. The van der Waals surface area contributed by atoms with Crippen molar-refractivity contribution in [1.82, 2.24) is 4.98 Å². The van der Waals surface area contributed by atoms with Gasteiger partial charge in [-0.05, 0) is 32.9 Å². The summed E-state index contributed by atoms with van der Waals surface area (Å²) in [6.45, 7) is 5.27. The van der Waals surface area contributed by atoms with Crippen LogP contribution in [0.5, 0.6) is 0 Å². The largest absolute Gasteiger partial charge is 0.465 e. The average molecular weight is 377 g/mol. The van der Waals surface area contributed by atoms with E-state index in [2.05, 4.69) is 20.4 Å². The van der Waals surface area contributed by atoms with Crippen LogP contribution in [0.3, 0.4) is 0 Å². The molecular weight excluding hydrogens is 358 g/mol. The minimum atomic E-state index is -0.630.